The van der Waals surface area contributed by atoms with Gasteiger partial charge in [0, 0.05) is 12.5 Å². The summed E-state index contributed by atoms with van der Waals surface area (Å²) in [6.07, 6.45) is 11.9. The van der Waals surface area contributed by atoms with E-state index in [1.165, 1.54) is 25.3 Å². The molecule has 5 rings (SSSR count). The number of carbonyl (C=O) groups excluding carboxylic acids is 2. The first-order valence-corrected chi connectivity index (χ1v) is 11.2. The van der Waals surface area contributed by atoms with Gasteiger partial charge in [-0.3, -0.25) is 0 Å². The highest BCUT2D eigenvalue weighted by molar-refractivity contribution is 5.81. The molecule has 0 spiro atoms. The number of esters is 2. The maximum atomic E-state index is 12.5. The molecule has 0 aromatic rings. The van der Waals surface area contributed by atoms with Crippen LogP contribution in [-0.2, 0) is 28.5 Å². The first kappa shape index (κ1) is 20.9. The SMILES string of the molecule is C=CC(=O)OC12CC3CC(C1)CC(OC(C)C(=O)OCOC1CCCCC1)(C3)C2. The largest absolute Gasteiger partial charge is 0.456 e. The van der Waals surface area contributed by atoms with Crippen LogP contribution >= 0.6 is 0 Å². The topological polar surface area (TPSA) is 71.1 Å². The van der Waals surface area contributed by atoms with Crippen molar-refractivity contribution < 1.29 is 28.5 Å². The molecule has 6 heteroatoms. The molecule has 5 aliphatic rings. The summed E-state index contributed by atoms with van der Waals surface area (Å²) in [7, 11) is 0. The summed E-state index contributed by atoms with van der Waals surface area (Å²) < 4.78 is 23.2. The second kappa shape index (κ2) is 8.38. The molecule has 4 bridgehead atoms. The van der Waals surface area contributed by atoms with Crippen molar-refractivity contribution in [3.8, 4) is 0 Å². The molecule has 5 fully saturated rings. The summed E-state index contributed by atoms with van der Waals surface area (Å²) in [6, 6.07) is 0. The Kier molecular flexibility index (Phi) is 6.03. The van der Waals surface area contributed by atoms with Crippen LogP contribution in [0.15, 0.2) is 12.7 Å². The Hall–Kier alpha value is -1.40. The Labute approximate surface area is 173 Å². The summed E-state index contributed by atoms with van der Waals surface area (Å²) in [5.74, 6) is 0.210. The lowest BCUT2D eigenvalue weighted by Gasteiger charge is -2.60. The van der Waals surface area contributed by atoms with Gasteiger partial charge in [0.1, 0.15) is 5.60 Å². The maximum absolute atomic E-state index is 12.5. The Balaban J connectivity index is 1.32. The van der Waals surface area contributed by atoms with Gasteiger partial charge in [0.25, 0.3) is 0 Å². The van der Waals surface area contributed by atoms with Crippen LogP contribution in [0.25, 0.3) is 0 Å². The summed E-state index contributed by atoms with van der Waals surface area (Å²) in [5.41, 5.74) is -0.878. The maximum Gasteiger partial charge on any atom is 0.337 e. The second-order valence-electron chi connectivity index (χ2n) is 9.72. The first-order valence-electron chi connectivity index (χ1n) is 11.2. The summed E-state index contributed by atoms with van der Waals surface area (Å²) in [4.78, 5) is 24.4. The first-order chi connectivity index (χ1) is 13.9. The molecule has 3 atom stereocenters. The van der Waals surface area contributed by atoms with Crippen LogP contribution in [0, 0.1) is 11.8 Å². The van der Waals surface area contributed by atoms with E-state index in [2.05, 4.69) is 6.58 Å². The number of hydrogen-bond acceptors (Lipinski definition) is 6. The lowest BCUT2D eigenvalue weighted by molar-refractivity contribution is -0.246. The van der Waals surface area contributed by atoms with E-state index in [4.69, 9.17) is 18.9 Å². The van der Waals surface area contributed by atoms with Gasteiger partial charge in [0.05, 0.1) is 11.7 Å². The molecule has 0 aliphatic heterocycles. The number of carbonyl (C=O) groups is 2. The molecule has 0 aromatic heterocycles. The van der Waals surface area contributed by atoms with Gasteiger partial charge in [-0.2, -0.15) is 0 Å². The van der Waals surface area contributed by atoms with Crippen LogP contribution in [0.3, 0.4) is 0 Å². The van der Waals surface area contributed by atoms with E-state index in [0.717, 1.165) is 44.9 Å². The van der Waals surface area contributed by atoms with E-state index in [1.54, 1.807) is 6.92 Å². The minimum atomic E-state index is -0.659. The fourth-order valence-corrected chi connectivity index (χ4v) is 6.57. The van der Waals surface area contributed by atoms with E-state index < -0.39 is 17.3 Å². The number of ether oxygens (including phenoxy) is 4. The third kappa shape index (κ3) is 4.69. The summed E-state index contributed by atoms with van der Waals surface area (Å²) >= 11 is 0. The van der Waals surface area contributed by atoms with E-state index in [9.17, 15) is 9.59 Å². The zero-order valence-corrected chi connectivity index (χ0v) is 17.5. The fourth-order valence-electron chi connectivity index (χ4n) is 6.57. The van der Waals surface area contributed by atoms with E-state index in [0.29, 0.717) is 18.3 Å². The molecule has 29 heavy (non-hydrogen) atoms. The second-order valence-corrected chi connectivity index (χ2v) is 9.72. The van der Waals surface area contributed by atoms with Crippen LogP contribution in [0.2, 0.25) is 0 Å². The molecule has 5 saturated carbocycles. The van der Waals surface area contributed by atoms with Gasteiger partial charge >= 0.3 is 11.9 Å². The van der Waals surface area contributed by atoms with Crippen molar-refractivity contribution in [1.82, 2.24) is 0 Å². The van der Waals surface area contributed by atoms with E-state index in [1.807, 2.05) is 0 Å². The zero-order chi connectivity index (χ0) is 20.5. The van der Waals surface area contributed by atoms with Gasteiger partial charge in [-0.05, 0) is 63.7 Å². The minimum Gasteiger partial charge on any atom is -0.456 e. The van der Waals surface area contributed by atoms with Crippen molar-refractivity contribution in [1.29, 1.82) is 0 Å². The molecule has 0 aromatic carbocycles. The van der Waals surface area contributed by atoms with Crippen LogP contribution in [0.4, 0.5) is 0 Å². The predicted molar refractivity (Wildman–Crippen MR) is 106 cm³/mol. The smallest absolute Gasteiger partial charge is 0.337 e. The third-order valence-electron chi connectivity index (χ3n) is 7.25. The summed E-state index contributed by atoms with van der Waals surface area (Å²) in [5, 5.41) is 0. The number of hydrogen-bond donors (Lipinski definition) is 0. The van der Waals surface area contributed by atoms with Gasteiger partial charge in [-0.15, -0.1) is 0 Å². The quantitative estimate of drug-likeness (QED) is 0.344. The van der Waals surface area contributed by atoms with E-state index >= 15 is 0 Å². The highest BCUT2D eigenvalue weighted by atomic mass is 16.7. The molecular formula is C23H34O6. The minimum absolute atomic E-state index is 0.00364. The van der Waals surface area contributed by atoms with Crippen LogP contribution in [-0.4, -0.2) is 42.1 Å². The van der Waals surface area contributed by atoms with Crippen molar-refractivity contribution in [3.05, 3.63) is 12.7 Å². The average molecular weight is 407 g/mol. The molecule has 0 amide bonds. The molecule has 0 saturated heterocycles. The fraction of sp³-hybridized carbons (Fsp3) is 0.826. The summed E-state index contributed by atoms with van der Waals surface area (Å²) in [6.45, 7) is 5.28. The van der Waals surface area contributed by atoms with Gasteiger partial charge < -0.3 is 18.9 Å². The van der Waals surface area contributed by atoms with Crippen LogP contribution in [0.5, 0.6) is 0 Å². The molecule has 0 radical (unpaired) electrons. The van der Waals surface area contributed by atoms with E-state index in [-0.39, 0.29) is 24.8 Å². The van der Waals surface area contributed by atoms with Gasteiger partial charge in [-0.25, -0.2) is 9.59 Å². The highest BCUT2D eigenvalue weighted by Gasteiger charge is 2.60. The molecule has 6 nitrogen and oxygen atoms in total. The predicted octanol–water partition coefficient (Wildman–Crippen LogP) is 4.06. The molecule has 0 N–H and O–H groups in total. The highest BCUT2D eigenvalue weighted by Crippen LogP contribution is 2.60. The van der Waals surface area contributed by atoms with Gasteiger partial charge in [0.2, 0.25) is 0 Å². The third-order valence-corrected chi connectivity index (χ3v) is 7.25. The molecule has 5 aliphatic carbocycles. The van der Waals surface area contributed by atoms with Gasteiger partial charge in [-0.1, -0.05) is 25.8 Å². The van der Waals surface area contributed by atoms with Gasteiger partial charge in [0.15, 0.2) is 12.9 Å². The van der Waals surface area contributed by atoms with Crippen molar-refractivity contribution in [2.75, 3.05) is 6.79 Å². The molecular weight excluding hydrogens is 372 g/mol. The lowest BCUT2D eigenvalue weighted by Crippen LogP contribution is -2.62. The average Bonchev–Trinajstić information content (AvgIpc) is 2.66. The van der Waals surface area contributed by atoms with Crippen LogP contribution < -0.4 is 0 Å². The lowest BCUT2D eigenvalue weighted by atomic mass is 9.52. The molecule has 0 heterocycles. The number of rotatable bonds is 8. The standard InChI is InChI=1S/C23H34O6/c1-3-20(24)29-23-12-17-9-18(13-23)11-22(10-17,14-23)28-16(2)21(25)27-15-26-19-7-5-4-6-8-19/h3,16-19H,1,4-15H2,2H3. The zero-order valence-electron chi connectivity index (χ0n) is 17.5. The Bertz CT molecular complexity index is 623. The Morgan fingerprint density at radius 2 is 1.72 bits per heavy atom. The van der Waals surface area contributed by atoms with Crippen molar-refractivity contribution >= 4 is 11.9 Å². The van der Waals surface area contributed by atoms with Crippen LogP contribution in [0.1, 0.15) is 77.6 Å². The Morgan fingerprint density at radius 3 is 2.38 bits per heavy atom. The monoisotopic (exact) mass is 406 g/mol. The normalized spacial score (nSPS) is 37.1. The van der Waals surface area contributed by atoms with Crippen molar-refractivity contribution in [2.45, 2.75) is 101 Å². The van der Waals surface area contributed by atoms with Crippen molar-refractivity contribution in [3.63, 3.8) is 0 Å². The Morgan fingerprint density at radius 1 is 1.07 bits per heavy atom. The van der Waals surface area contributed by atoms with Crippen molar-refractivity contribution in [2.24, 2.45) is 11.8 Å². The molecule has 3 unspecified atom stereocenters. The molecule has 162 valence electrons.